The lowest BCUT2D eigenvalue weighted by atomic mass is 10.0. The molecule has 0 aromatic heterocycles. The van der Waals surface area contributed by atoms with Crippen LogP contribution >= 0.6 is 12.4 Å². The molecule has 1 aliphatic rings. The Kier molecular flexibility index (Phi) is 5.93. The Labute approximate surface area is 115 Å². The van der Waals surface area contributed by atoms with Crippen LogP contribution in [0.1, 0.15) is 25.3 Å². The number of para-hydroxylation sites is 1. The number of benzene rings is 1. The SMILES string of the molecule is CC(N)Cc1ccccc1N1CCC(O)CC1.Cl. The molecule has 0 spiro atoms. The summed E-state index contributed by atoms with van der Waals surface area (Å²) in [7, 11) is 0. The van der Waals surface area contributed by atoms with Crippen LogP contribution in [0.5, 0.6) is 0 Å². The van der Waals surface area contributed by atoms with Crippen LogP contribution in [-0.2, 0) is 6.42 Å². The van der Waals surface area contributed by atoms with E-state index in [2.05, 4.69) is 29.2 Å². The molecular formula is C14H23ClN2O. The Bertz CT molecular complexity index is 363. The third kappa shape index (κ3) is 3.87. The number of hydrogen-bond donors (Lipinski definition) is 2. The lowest BCUT2D eigenvalue weighted by molar-refractivity contribution is 0.145. The topological polar surface area (TPSA) is 49.5 Å². The molecule has 102 valence electrons. The van der Waals surface area contributed by atoms with Gasteiger partial charge >= 0.3 is 0 Å². The molecule has 0 amide bonds. The van der Waals surface area contributed by atoms with E-state index in [-0.39, 0.29) is 24.6 Å². The molecule has 3 N–H and O–H groups in total. The van der Waals surface area contributed by atoms with Gasteiger partial charge in [-0.2, -0.15) is 0 Å². The van der Waals surface area contributed by atoms with Crippen molar-refractivity contribution in [2.45, 2.75) is 38.3 Å². The minimum Gasteiger partial charge on any atom is -0.393 e. The van der Waals surface area contributed by atoms with Crippen molar-refractivity contribution in [2.24, 2.45) is 5.73 Å². The molecule has 4 heteroatoms. The van der Waals surface area contributed by atoms with Crippen molar-refractivity contribution < 1.29 is 5.11 Å². The van der Waals surface area contributed by atoms with Gasteiger partial charge in [0.05, 0.1) is 6.10 Å². The van der Waals surface area contributed by atoms with E-state index in [1.807, 2.05) is 6.92 Å². The Morgan fingerprint density at radius 2 is 1.94 bits per heavy atom. The minimum atomic E-state index is -0.119. The lowest BCUT2D eigenvalue weighted by Crippen LogP contribution is -2.36. The fourth-order valence-electron chi connectivity index (χ4n) is 2.45. The summed E-state index contributed by atoms with van der Waals surface area (Å²) in [6.45, 7) is 3.92. The summed E-state index contributed by atoms with van der Waals surface area (Å²) >= 11 is 0. The van der Waals surface area contributed by atoms with Crippen LogP contribution in [0.25, 0.3) is 0 Å². The van der Waals surface area contributed by atoms with E-state index >= 15 is 0 Å². The van der Waals surface area contributed by atoms with E-state index in [0.29, 0.717) is 0 Å². The molecule has 1 aromatic rings. The Balaban J connectivity index is 0.00000162. The van der Waals surface area contributed by atoms with Gasteiger partial charge in [-0.05, 0) is 37.8 Å². The number of halogens is 1. The molecule has 1 heterocycles. The quantitative estimate of drug-likeness (QED) is 0.883. The van der Waals surface area contributed by atoms with Crippen molar-refractivity contribution in [2.75, 3.05) is 18.0 Å². The summed E-state index contributed by atoms with van der Waals surface area (Å²) < 4.78 is 0. The normalized spacial score (nSPS) is 18.3. The van der Waals surface area contributed by atoms with E-state index in [0.717, 1.165) is 32.4 Å². The first kappa shape index (κ1) is 15.3. The number of nitrogens with two attached hydrogens (primary N) is 1. The van der Waals surface area contributed by atoms with Crippen LogP contribution in [0, 0.1) is 0 Å². The number of rotatable bonds is 3. The molecule has 1 fully saturated rings. The number of anilines is 1. The largest absolute Gasteiger partial charge is 0.393 e. The van der Waals surface area contributed by atoms with Crippen LogP contribution in [0.15, 0.2) is 24.3 Å². The summed E-state index contributed by atoms with van der Waals surface area (Å²) in [6.07, 6.45) is 2.53. The number of hydrogen-bond acceptors (Lipinski definition) is 3. The molecule has 1 atom stereocenters. The summed E-state index contributed by atoms with van der Waals surface area (Å²) in [5, 5.41) is 9.54. The van der Waals surface area contributed by atoms with E-state index in [9.17, 15) is 5.11 Å². The average molecular weight is 271 g/mol. The number of aliphatic hydroxyl groups excluding tert-OH is 1. The van der Waals surface area contributed by atoms with Crippen molar-refractivity contribution in [1.29, 1.82) is 0 Å². The van der Waals surface area contributed by atoms with Crippen LogP contribution < -0.4 is 10.6 Å². The highest BCUT2D eigenvalue weighted by Gasteiger charge is 2.19. The van der Waals surface area contributed by atoms with Crippen molar-refractivity contribution >= 4 is 18.1 Å². The van der Waals surface area contributed by atoms with Gasteiger partial charge in [0.1, 0.15) is 0 Å². The fraction of sp³-hybridized carbons (Fsp3) is 0.571. The predicted molar refractivity (Wildman–Crippen MR) is 78.5 cm³/mol. The van der Waals surface area contributed by atoms with Gasteiger partial charge in [0.25, 0.3) is 0 Å². The Hall–Kier alpha value is -0.770. The molecule has 2 rings (SSSR count). The third-order valence-electron chi connectivity index (χ3n) is 3.34. The molecule has 1 aromatic carbocycles. The highest BCUT2D eigenvalue weighted by atomic mass is 35.5. The molecule has 0 bridgehead atoms. The molecule has 18 heavy (non-hydrogen) atoms. The average Bonchev–Trinajstić information content (AvgIpc) is 2.30. The Morgan fingerprint density at radius 1 is 1.33 bits per heavy atom. The van der Waals surface area contributed by atoms with Crippen molar-refractivity contribution in [3.63, 3.8) is 0 Å². The van der Waals surface area contributed by atoms with Crippen LogP contribution in [0.4, 0.5) is 5.69 Å². The van der Waals surface area contributed by atoms with Gasteiger partial charge in [0, 0.05) is 24.8 Å². The summed E-state index contributed by atoms with van der Waals surface area (Å²) in [5.41, 5.74) is 8.49. The second-order valence-electron chi connectivity index (χ2n) is 5.03. The Morgan fingerprint density at radius 3 is 2.56 bits per heavy atom. The second kappa shape index (κ2) is 6.98. The van der Waals surface area contributed by atoms with Gasteiger partial charge in [0.2, 0.25) is 0 Å². The molecule has 0 saturated carbocycles. The molecule has 0 radical (unpaired) electrons. The highest BCUT2D eigenvalue weighted by Crippen LogP contribution is 2.25. The standard InChI is InChI=1S/C14H22N2O.ClH/c1-11(15)10-12-4-2-3-5-14(12)16-8-6-13(17)7-9-16;/h2-5,11,13,17H,6-10,15H2,1H3;1H. The van der Waals surface area contributed by atoms with E-state index < -0.39 is 0 Å². The van der Waals surface area contributed by atoms with Gasteiger partial charge in [-0.1, -0.05) is 18.2 Å². The molecule has 1 aliphatic heterocycles. The molecular weight excluding hydrogens is 248 g/mol. The maximum atomic E-state index is 9.54. The zero-order chi connectivity index (χ0) is 12.3. The number of nitrogens with zero attached hydrogens (tertiary/aromatic N) is 1. The summed E-state index contributed by atoms with van der Waals surface area (Å²) in [5.74, 6) is 0. The van der Waals surface area contributed by atoms with Crippen molar-refractivity contribution in [3.8, 4) is 0 Å². The van der Waals surface area contributed by atoms with Crippen LogP contribution in [-0.4, -0.2) is 30.3 Å². The van der Waals surface area contributed by atoms with Crippen LogP contribution in [0.3, 0.4) is 0 Å². The number of piperidine rings is 1. The van der Waals surface area contributed by atoms with Gasteiger partial charge in [-0.15, -0.1) is 12.4 Å². The van der Waals surface area contributed by atoms with Gasteiger partial charge < -0.3 is 15.7 Å². The lowest BCUT2D eigenvalue weighted by Gasteiger charge is -2.33. The van der Waals surface area contributed by atoms with E-state index in [1.54, 1.807) is 0 Å². The maximum Gasteiger partial charge on any atom is 0.0574 e. The predicted octanol–water partition coefficient (Wildman–Crippen LogP) is 1.96. The highest BCUT2D eigenvalue weighted by molar-refractivity contribution is 5.85. The minimum absolute atomic E-state index is 0. The van der Waals surface area contributed by atoms with Crippen molar-refractivity contribution in [3.05, 3.63) is 29.8 Å². The van der Waals surface area contributed by atoms with Gasteiger partial charge in [0.15, 0.2) is 0 Å². The van der Waals surface area contributed by atoms with Crippen LogP contribution in [0.2, 0.25) is 0 Å². The van der Waals surface area contributed by atoms with Crippen molar-refractivity contribution in [1.82, 2.24) is 0 Å². The third-order valence-corrected chi connectivity index (χ3v) is 3.34. The molecule has 3 nitrogen and oxygen atoms in total. The summed E-state index contributed by atoms with van der Waals surface area (Å²) in [4.78, 5) is 2.37. The first-order valence-electron chi connectivity index (χ1n) is 6.43. The number of aliphatic hydroxyl groups is 1. The monoisotopic (exact) mass is 270 g/mol. The first-order valence-corrected chi connectivity index (χ1v) is 6.43. The fourth-order valence-corrected chi connectivity index (χ4v) is 2.45. The van der Waals surface area contributed by atoms with Gasteiger partial charge in [-0.3, -0.25) is 0 Å². The first-order chi connectivity index (χ1) is 8.16. The molecule has 1 unspecified atom stereocenters. The smallest absolute Gasteiger partial charge is 0.0574 e. The van der Waals surface area contributed by atoms with E-state index in [4.69, 9.17) is 5.73 Å². The zero-order valence-corrected chi connectivity index (χ0v) is 11.7. The summed E-state index contributed by atoms with van der Waals surface area (Å²) in [6, 6.07) is 8.65. The second-order valence-corrected chi connectivity index (χ2v) is 5.03. The van der Waals surface area contributed by atoms with E-state index in [1.165, 1.54) is 11.3 Å². The molecule has 0 aliphatic carbocycles. The molecule has 1 saturated heterocycles. The van der Waals surface area contributed by atoms with Gasteiger partial charge in [-0.25, -0.2) is 0 Å². The zero-order valence-electron chi connectivity index (χ0n) is 10.9. The maximum absolute atomic E-state index is 9.54.